The molecule has 3 aromatic rings. The van der Waals surface area contributed by atoms with Crippen LogP contribution in [0.15, 0.2) is 48.7 Å². The van der Waals surface area contributed by atoms with Gasteiger partial charge in [0, 0.05) is 32.4 Å². The van der Waals surface area contributed by atoms with Gasteiger partial charge in [-0.2, -0.15) is 9.97 Å². The second-order valence-corrected chi connectivity index (χ2v) is 7.99. The van der Waals surface area contributed by atoms with Crippen molar-refractivity contribution in [1.29, 1.82) is 0 Å². The number of aromatic nitrogens is 3. The number of rotatable bonds is 7. The number of anilines is 4. The quantitative estimate of drug-likeness (QED) is 0.565. The molecule has 162 valence electrons. The molecule has 7 nitrogen and oxygen atoms in total. The van der Waals surface area contributed by atoms with Crippen molar-refractivity contribution < 1.29 is 0 Å². The highest BCUT2D eigenvalue weighted by molar-refractivity contribution is 5.83. The highest BCUT2D eigenvalue weighted by Gasteiger charge is 2.22. The Morgan fingerprint density at radius 2 is 1.52 bits per heavy atom. The van der Waals surface area contributed by atoms with Gasteiger partial charge in [0.2, 0.25) is 5.95 Å². The molecule has 4 N–H and O–H groups in total. The van der Waals surface area contributed by atoms with E-state index in [9.17, 15) is 0 Å². The molecule has 4 rings (SSSR count). The number of unbranched alkanes of at least 4 members (excludes halogenated alkanes) is 2. The van der Waals surface area contributed by atoms with Gasteiger partial charge >= 0.3 is 0 Å². The van der Waals surface area contributed by atoms with Crippen LogP contribution in [0.25, 0.3) is 11.1 Å². The van der Waals surface area contributed by atoms with Gasteiger partial charge in [-0.1, -0.05) is 50.1 Å². The second-order valence-electron chi connectivity index (χ2n) is 7.99. The molecular weight excluding hydrogens is 386 g/mol. The van der Waals surface area contributed by atoms with Crippen molar-refractivity contribution in [3.8, 4) is 11.1 Å². The number of aryl methyl sites for hydroxylation is 1. The molecule has 1 aromatic carbocycles. The summed E-state index contributed by atoms with van der Waals surface area (Å²) in [7, 11) is 0. The summed E-state index contributed by atoms with van der Waals surface area (Å²) in [6.07, 6.45) is 6.62. The van der Waals surface area contributed by atoms with Crippen LogP contribution in [0.5, 0.6) is 0 Å². The lowest BCUT2D eigenvalue weighted by atomic mass is 10.0. The second kappa shape index (κ2) is 9.64. The SMILES string of the molecule is CCCCCc1ccc(-c2c(N)nc(N3CCN(c4ccccn4)CC3)nc2N)cc1. The van der Waals surface area contributed by atoms with Crippen molar-refractivity contribution in [2.75, 3.05) is 47.4 Å². The number of hydrogen-bond donors (Lipinski definition) is 2. The van der Waals surface area contributed by atoms with Gasteiger partial charge in [0.05, 0.1) is 5.56 Å². The zero-order valence-corrected chi connectivity index (χ0v) is 18.2. The summed E-state index contributed by atoms with van der Waals surface area (Å²) in [4.78, 5) is 18.0. The lowest BCUT2D eigenvalue weighted by Crippen LogP contribution is -2.47. The average Bonchev–Trinajstić information content (AvgIpc) is 2.80. The fraction of sp³-hybridized carbons (Fsp3) is 0.375. The molecule has 3 heterocycles. The molecule has 1 aliphatic heterocycles. The van der Waals surface area contributed by atoms with E-state index in [1.165, 1.54) is 24.8 Å². The van der Waals surface area contributed by atoms with E-state index in [4.69, 9.17) is 11.5 Å². The van der Waals surface area contributed by atoms with Crippen LogP contribution in [0.4, 0.5) is 23.4 Å². The number of benzene rings is 1. The van der Waals surface area contributed by atoms with Gasteiger partial charge in [0.1, 0.15) is 17.5 Å². The Morgan fingerprint density at radius 1 is 0.839 bits per heavy atom. The molecular formula is C24H31N7. The average molecular weight is 418 g/mol. The van der Waals surface area contributed by atoms with E-state index in [-0.39, 0.29) is 0 Å². The first-order valence-electron chi connectivity index (χ1n) is 11.1. The van der Waals surface area contributed by atoms with Crippen LogP contribution >= 0.6 is 0 Å². The molecule has 0 unspecified atom stereocenters. The van der Waals surface area contributed by atoms with E-state index in [2.05, 4.69) is 55.9 Å². The first-order chi connectivity index (χ1) is 15.2. The Kier molecular flexibility index (Phi) is 6.50. The third kappa shape index (κ3) is 4.87. The number of nitrogens with zero attached hydrogens (tertiary/aromatic N) is 5. The molecule has 2 aromatic heterocycles. The highest BCUT2D eigenvalue weighted by Crippen LogP contribution is 2.32. The first kappa shape index (κ1) is 20.9. The van der Waals surface area contributed by atoms with Crippen LogP contribution in [0.2, 0.25) is 0 Å². The van der Waals surface area contributed by atoms with E-state index < -0.39 is 0 Å². The first-order valence-corrected chi connectivity index (χ1v) is 11.1. The lowest BCUT2D eigenvalue weighted by Gasteiger charge is -2.35. The van der Waals surface area contributed by atoms with E-state index >= 15 is 0 Å². The maximum absolute atomic E-state index is 6.34. The van der Waals surface area contributed by atoms with Crippen molar-refractivity contribution >= 4 is 23.4 Å². The summed E-state index contributed by atoms with van der Waals surface area (Å²) in [5.41, 5.74) is 15.7. The predicted octanol–water partition coefficient (Wildman–Crippen LogP) is 3.76. The van der Waals surface area contributed by atoms with Crippen molar-refractivity contribution in [2.24, 2.45) is 0 Å². The molecule has 0 bridgehead atoms. The Hall–Kier alpha value is -3.35. The van der Waals surface area contributed by atoms with E-state index in [0.29, 0.717) is 17.6 Å². The molecule has 31 heavy (non-hydrogen) atoms. The summed E-state index contributed by atoms with van der Waals surface area (Å²) in [6, 6.07) is 14.4. The van der Waals surface area contributed by atoms with Gasteiger partial charge in [-0.05, 0) is 36.1 Å². The summed E-state index contributed by atoms with van der Waals surface area (Å²) in [5, 5.41) is 0. The molecule has 7 heteroatoms. The third-order valence-corrected chi connectivity index (χ3v) is 5.80. The van der Waals surface area contributed by atoms with E-state index in [1.54, 1.807) is 0 Å². The Balaban J connectivity index is 1.45. The topological polar surface area (TPSA) is 97.2 Å². The highest BCUT2D eigenvalue weighted by atomic mass is 15.3. The number of piperazine rings is 1. The van der Waals surface area contributed by atoms with Gasteiger partial charge in [-0.3, -0.25) is 0 Å². The summed E-state index contributed by atoms with van der Waals surface area (Å²) in [5.74, 6) is 2.44. The molecule has 0 spiro atoms. The normalized spacial score (nSPS) is 14.1. The Morgan fingerprint density at radius 3 is 2.13 bits per heavy atom. The maximum atomic E-state index is 6.34. The number of nitrogens with two attached hydrogens (primary N) is 2. The molecule has 0 amide bonds. The maximum Gasteiger partial charge on any atom is 0.229 e. The zero-order chi connectivity index (χ0) is 21.6. The summed E-state index contributed by atoms with van der Waals surface area (Å²) >= 11 is 0. The molecule has 1 aliphatic rings. The zero-order valence-electron chi connectivity index (χ0n) is 18.2. The van der Waals surface area contributed by atoms with Crippen LogP contribution in [-0.2, 0) is 6.42 Å². The minimum atomic E-state index is 0.424. The van der Waals surface area contributed by atoms with Gasteiger partial charge in [-0.25, -0.2) is 4.98 Å². The van der Waals surface area contributed by atoms with Crippen LogP contribution in [0.3, 0.4) is 0 Å². The molecule has 0 radical (unpaired) electrons. The van der Waals surface area contributed by atoms with Gasteiger partial charge < -0.3 is 21.3 Å². The van der Waals surface area contributed by atoms with Crippen molar-refractivity contribution in [1.82, 2.24) is 15.0 Å². The third-order valence-electron chi connectivity index (χ3n) is 5.80. The molecule has 0 atom stereocenters. The minimum absolute atomic E-state index is 0.424. The number of pyridine rings is 1. The molecule has 1 fully saturated rings. The molecule has 0 saturated carbocycles. The Bertz CT molecular complexity index is 958. The van der Waals surface area contributed by atoms with Gasteiger partial charge in [0.15, 0.2) is 0 Å². The number of nitrogen functional groups attached to an aromatic ring is 2. The fourth-order valence-electron chi connectivity index (χ4n) is 4.01. The smallest absolute Gasteiger partial charge is 0.229 e. The standard InChI is InChI=1S/C24H31N7/c1-2-3-4-7-18-9-11-19(12-10-18)21-22(25)28-24(29-23(21)26)31-16-14-30(15-17-31)20-8-5-6-13-27-20/h5-6,8-13H,2-4,7,14-17H2,1H3,(H4,25,26,28,29). The predicted molar refractivity (Wildman–Crippen MR) is 128 cm³/mol. The van der Waals surface area contributed by atoms with Crippen LogP contribution in [0.1, 0.15) is 31.7 Å². The van der Waals surface area contributed by atoms with Crippen molar-refractivity contribution in [3.05, 3.63) is 54.2 Å². The fourth-order valence-corrected chi connectivity index (χ4v) is 4.01. The van der Waals surface area contributed by atoms with E-state index in [0.717, 1.165) is 49.5 Å². The molecule has 1 saturated heterocycles. The van der Waals surface area contributed by atoms with Crippen molar-refractivity contribution in [2.45, 2.75) is 32.6 Å². The Labute approximate surface area is 184 Å². The van der Waals surface area contributed by atoms with E-state index in [1.807, 2.05) is 24.4 Å². The van der Waals surface area contributed by atoms with Gasteiger partial charge in [0.25, 0.3) is 0 Å². The summed E-state index contributed by atoms with van der Waals surface area (Å²) < 4.78 is 0. The minimum Gasteiger partial charge on any atom is -0.383 e. The van der Waals surface area contributed by atoms with Crippen LogP contribution in [0, 0.1) is 0 Å². The lowest BCUT2D eigenvalue weighted by molar-refractivity contribution is 0.635. The van der Waals surface area contributed by atoms with Gasteiger partial charge in [-0.15, -0.1) is 0 Å². The number of hydrogen-bond acceptors (Lipinski definition) is 7. The molecule has 0 aliphatic carbocycles. The van der Waals surface area contributed by atoms with Crippen molar-refractivity contribution in [3.63, 3.8) is 0 Å². The van der Waals surface area contributed by atoms with Crippen LogP contribution in [-0.4, -0.2) is 41.1 Å². The van der Waals surface area contributed by atoms with Crippen LogP contribution < -0.4 is 21.3 Å². The summed E-state index contributed by atoms with van der Waals surface area (Å²) in [6.45, 7) is 5.50. The monoisotopic (exact) mass is 417 g/mol. The largest absolute Gasteiger partial charge is 0.383 e.